The van der Waals surface area contributed by atoms with Crippen LogP contribution in [0, 0.1) is 6.92 Å². The molecule has 3 aromatic rings. The van der Waals surface area contributed by atoms with E-state index in [1.807, 2.05) is 48.7 Å². The van der Waals surface area contributed by atoms with Crippen LogP contribution < -0.4 is 5.32 Å². The fraction of sp³-hybridized carbons (Fsp3) is 0.0500. The Balaban J connectivity index is 1.95. The van der Waals surface area contributed by atoms with Crippen LogP contribution in [-0.4, -0.2) is 10.9 Å². The highest BCUT2D eigenvalue weighted by Gasteiger charge is 2.27. The molecule has 0 radical (unpaired) electrons. The number of aryl methyl sites for hydroxylation is 1. The number of anilines is 1. The number of carbonyl (C=O) groups is 1. The number of aromatic nitrogens is 1. The molecular formula is C20H16N2O. The summed E-state index contributed by atoms with van der Waals surface area (Å²) in [5.74, 6) is -0.0596. The lowest BCUT2D eigenvalue weighted by Crippen LogP contribution is -2.03. The largest absolute Gasteiger partial charge is 0.362 e. The molecule has 112 valence electrons. The van der Waals surface area contributed by atoms with E-state index in [0.29, 0.717) is 5.57 Å². The number of fused-ring (bicyclic) bond motifs is 1. The SMILES string of the molecule is Cc1ccccc1-c1cccc2c1C(=Cc1ccc[nH]1)C(=O)N2. The summed E-state index contributed by atoms with van der Waals surface area (Å²) in [7, 11) is 0. The minimum atomic E-state index is -0.0596. The number of hydrogen-bond donors (Lipinski definition) is 2. The number of H-pyrrole nitrogens is 1. The van der Waals surface area contributed by atoms with Crippen LogP contribution in [0.1, 0.15) is 16.8 Å². The molecule has 0 bridgehead atoms. The van der Waals surface area contributed by atoms with Crippen LogP contribution in [0.3, 0.4) is 0 Å². The van der Waals surface area contributed by atoms with Crippen LogP contribution in [0.4, 0.5) is 5.69 Å². The molecule has 3 nitrogen and oxygen atoms in total. The van der Waals surface area contributed by atoms with E-state index in [9.17, 15) is 4.79 Å². The van der Waals surface area contributed by atoms with E-state index in [1.54, 1.807) is 0 Å². The van der Waals surface area contributed by atoms with Gasteiger partial charge in [0.05, 0.1) is 5.57 Å². The maximum Gasteiger partial charge on any atom is 0.256 e. The molecule has 0 aliphatic carbocycles. The Morgan fingerprint density at radius 1 is 0.913 bits per heavy atom. The number of nitrogens with one attached hydrogen (secondary N) is 2. The molecule has 0 unspecified atom stereocenters. The topological polar surface area (TPSA) is 44.9 Å². The fourth-order valence-electron chi connectivity index (χ4n) is 3.08. The summed E-state index contributed by atoms with van der Waals surface area (Å²) in [6.45, 7) is 2.09. The molecule has 0 saturated heterocycles. The molecule has 0 atom stereocenters. The van der Waals surface area contributed by atoms with Crippen molar-refractivity contribution in [3.8, 4) is 11.1 Å². The second kappa shape index (κ2) is 5.29. The minimum absolute atomic E-state index is 0.0596. The molecule has 1 aromatic heterocycles. The van der Waals surface area contributed by atoms with E-state index in [2.05, 4.69) is 35.4 Å². The smallest absolute Gasteiger partial charge is 0.256 e. The van der Waals surface area contributed by atoms with Crippen LogP contribution in [0.2, 0.25) is 0 Å². The van der Waals surface area contributed by atoms with E-state index in [0.717, 1.165) is 28.1 Å². The minimum Gasteiger partial charge on any atom is -0.362 e. The van der Waals surface area contributed by atoms with Crippen LogP contribution in [-0.2, 0) is 4.79 Å². The quantitative estimate of drug-likeness (QED) is 0.673. The highest BCUT2D eigenvalue weighted by atomic mass is 16.2. The van der Waals surface area contributed by atoms with E-state index in [1.165, 1.54) is 5.56 Å². The standard InChI is InChI=1S/C20H16N2O/c1-13-6-2-3-8-15(13)16-9-4-10-18-19(16)17(20(23)22-18)12-14-7-5-11-21-14/h2-12,21H,1H3,(H,22,23). The highest BCUT2D eigenvalue weighted by Crippen LogP contribution is 2.41. The number of aromatic amines is 1. The maximum atomic E-state index is 12.4. The van der Waals surface area contributed by atoms with Crippen LogP contribution in [0.15, 0.2) is 60.8 Å². The molecule has 0 spiro atoms. The number of amides is 1. The van der Waals surface area contributed by atoms with Crippen molar-refractivity contribution in [1.82, 2.24) is 4.98 Å². The van der Waals surface area contributed by atoms with Gasteiger partial charge in [-0.3, -0.25) is 4.79 Å². The Kier molecular flexibility index (Phi) is 3.12. The van der Waals surface area contributed by atoms with Gasteiger partial charge < -0.3 is 10.3 Å². The summed E-state index contributed by atoms with van der Waals surface area (Å²) in [4.78, 5) is 15.6. The highest BCUT2D eigenvalue weighted by molar-refractivity contribution is 6.36. The lowest BCUT2D eigenvalue weighted by atomic mass is 9.92. The molecule has 4 rings (SSSR count). The Labute approximate surface area is 134 Å². The first kappa shape index (κ1) is 13.6. The van der Waals surface area contributed by atoms with Crippen LogP contribution in [0.25, 0.3) is 22.8 Å². The van der Waals surface area contributed by atoms with Gasteiger partial charge >= 0.3 is 0 Å². The van der Waals surface area contributed by atoms with Crippen molar-refractivity contribution in [2.75, 3.05) is 5.32 Å². The van der Waals surface area contributed by atoms with Gasteiger partial charge in [0.2, 0.25) is 0 Å². The maximum absolute atomic E-state index is 12.4. The first-order valence-electron chi connectivity index (χ1n) is 7.60. The van der Waals surface area contributed by atoms with Crippen molar-refractivity contribution < 1.29 is 4.79 Å². The third-order valence-electron chi connectivity index (χ3n) is 4.18. The van der Waals surface area contributed by atoms with Crippen molar-refractivity contribution in [1.29, 1.82) is 0 Å². The fourth-order valence-corrected chi connectivity index (χ4v) is 3.08. The molecule has 1 aliphatic heterocycles. The summed E-state index contributed by atoms with van der Waals surface area (Å²) in [5.41, 5.74) is 6.88. The first-order valence-corrected chi connectivity index (χ1v) is 7.60. The van der Waals surface area contributed by atoms with Crippen molar-refractivity contribution in [2.24, 2.45) is 0 Å². The third-order valence-corrected chi connectivity index (χ3v) is 4.18. The molecule has 23 heavy (non-hydrogen) atoms. The average Bonchev–Trinajstić information content (AvgIpc) is 3.17. The van der Waals surface area contributed by atoms with E-state index < -0.39 is 0 Å². The third kappa shape index (κ3) is 2.27. The zero-order valence-electron chi connectivity index (χ0n) is 12.8. The molecule has 3 heteroatoms. The van der Waals surface area contributed by atoms with Gasteiger partial charge in [0.1, 0.15) is 0 Å². The lowest BCUT2D eigenvalue weighted by Gasteiger charge is -2.11. The zero-order chi connectivity index (χ0) is 15.8. The predicted octanol–water partition coefficient (Wildman–Crippen LogP) is 4.48. The molecular weight excluding hydrogens is 284 g/mol. The van der Waals surface area contributed by atoms with Crippen molar-refractivity contribution >= 4 is 23.2 Å². The molecule has 1 amide bonds. The second-order valence-electron chi connectivity index (χ2n) is 5.68. The van der Waals surface area contributed by atoms with Gasteiger partial charge in [-0.25, -0.2) is 0 Å². The van der Waals surface area contributed by atoms with Gasteiger partial charge in [-0.05, 0) is 47.9 Å². The summed E-state index contributed by atoms with van der Waals surface area (Å²) < 4.78 is 0. The zero-order valence-corrected chi connectivity index (χ0v) is 12.8. The molecule has 0 saturated carbocycles. The van der Waals surface area contributed by atoms with Crippen molar-refractivity contribution in [3.05, 3.63) is 77.6 Å². The molecule has 1 aliphatic rings. The van der Waals surface area contributed by atoms with E-state index in [4.69, 9.17) is 0 Å². The number of carbonyl (C=O) groups excluding carboxylic acids is 1. The predicted molar refractivity (Wildman–Crippen MR) is 93.9 cm³/mol. The van der Waals surface area contributed by atoms with Crippen molar-refractivity contribution in [2.45, 2.75) is 6.92 Å². The van der Waals surface area contributed by atoms with Gasteiger partial charge in [-0.1, -0.05) is 36.4 Å². The van der Waals surface area contributed by atoms with Gasteiger partial charge in [0.15, 0.2) is 0 Å². The van der Waals surface area contributed by atoms with Crippen LogP contribution >= 0.6 is 0 Å². The number of rotatable bonds is 2. The Morgan fingerprint density at radius 2 is 1.74 bits per heavy atom. The van der Waals surface area contributed by atoms with E-state index >= 15 is 0 Å². The number of benzene rings is 2. The lowest BCUT2D eigenvalue weighted by molar-refractivity contribution is -0.110. The second-order valence-corrected chi connectivity index (χ2v) is 5.68. The Bertz CT molecular complexity index is 921. The molecule has 2 heterocycles. The Hall–Kier alpha value is -3.07. The molecule has 2 N–H and O–H groups in total. The monoisotopic (exact) mass is 300 g/mol. The number of hydrogen-bond acceptors (Lipinski definition) is 1. The summed E-state index contributed by atoms with van der Waals surface area (Å²) in [6, 6.07) is 18.1. The summed E-state index contributed by atoms with van der Waals surface area (Å²) in [6.07, 6.45) is 3.76. The normalized spacial score (nSPS) is 14.8. The van der Waals surface area contributed by atoms with Gasteiger partial charge in [0.25, 0.3) is 5.91 Å². The van der Waals surface area contributed by atoms with E-state index in [-0.39, 0.29) is 5.91 Å². The van der Waals surface area contributed by atoms with Crippen molar-refractivity contribution in [3.63, 3.8) is 0 Å². The van der Waals surface area contributed by atoms with Gasteiger partial charge in [0, 0.05) is 23.1 Å². The first-order chi connectivity index (χ1) is 11.2. The molecule has 2 aromatic carbocycles. The van der Waals surface area contributed by atoms with Gasteiger partial charge in [-0.15, -0.1) is 0 Å². The summed E-state index contributed by atoms with van der Waals surface area (Å²) in [5, 5.41) is 2.97. The van der Waals surface area contributed by atoms with Gasteiger partial charge in [-0.2, -0.15) is 0 Å². The molecule has 0 fully saturated rings. The summed E-state index contributed by atoms with van der Waals surface area (Å²) >= 11 is 0. The average molecular weight is 300 g/mol. The Morgan fingerprint density at radius 3 is 2.52 bits per heavy atom. The van der Waals surface area contributed by atoms with Crippen LogP contribution in [0.5, 0.6) is 0 Å².